The largest absolute Gasteiger partial charge is 0.481 e. The fraction of sp³-hybridized carbons (Fsp3) is 0.524. The van der Waals surface area contributed by atoms with E-state index in [4.69, 9.17) is 14.2 Å². The summed E-state index contributed by atoms with van der Waals surface area (Å²) in [6.07, 6.45) is 0.182. The first kappa shape index (κ1) is 29.4. The summed E-state index contributed by atoms with van der Waals surface area (Å²) in [5.41, 5.74) is 1.15. The molecule has 0 unspecified atom stereocenters. The summed E-state index contributed by atoms with van der Waals surface area (Å²) in [4.78, 5) is 36.9. The van der Waals surface area contributed by atoms with Crippen LogP contribution >= 0.6 is 0 Å². The summed E-state index contributed by atoms with van der Waals surface area (Å²) in [7, 11) is -8.64. The van der Waals surface area contributed by atoms with Crippen LogP contribution in [0.2, 0.25) is 0 Å². The minimum absolute atomic E-state index is 0.00208. The highest BCUT2D eigenvalue weighted by atomic mass is 32.2. The summed E-state index contributed by atoms with van der Waals surface area (Å²) < 4.78 is 63.6. The molecule has 2 amide bonds. The zero-order chi connectivity index (χ0) is 27.5. The molecular weight excluding hydrogens is 518 g/mol. The Kier molecular flexibility index (Phi) is 8.99. The molecule has 13 nitrogen and oxygen atoms in total. The fourth-order valence-corrected chi connectivity index (χ4v) is 4.69. The molecule has 0 spiro atoms. The Morgan fingerprint density at radius 1 is 0.944 bits per heavy atom. The molecule has 15 heteroatoms. The Hall–Kier alpha value is -2.88. The van der Waals surface area contributed by atoms with Crippen LogP contribution in [-0.2, 0) is 30.4 Å². The lowest BCUT2D eigenvalue weighted by Gasteiger charge is -2.19. The molecule has 1 aromatic carbocycles. The number of amides is 2. The van der Waals surface area contributed by atoms with E-state index in [0.717, 1.165) is 5.71 Å². The van der Waals surface area contributed by atoms with E-state index in [9.17, 15) is 31.2 Å². The van der Waals surface area contributed by atoms with Crippen molar-refractivity contribution in [1.82, 2.24) is 10.6 Å². The molecule has 1 aliphatic rings. The van der Waals surface area contributed by atoms with Gasteiger partial charge in [0.15, 0.2) is 5.71 Å². The predicted octanol–water partition coefficient (Wildman–Crippen LogP) is 0.183. The van der Waals surface area contributed by atoms with E-state index in [1.807, 2.05) is 25.3 Å². The summed E-state index contributed by atoms with van der Waals surface area (Å²) in [6, 6.07) is 2.80. The molecule has 0 saturated heterocycles. The zero-order valence-corrected chi connectivity index (χ0v) is 21.7. The van der Waals surface area contributed by atoms with Gasteiger partial charge in [0, 0.05) is 38.1 Å². The second-order valence-electron chi connectivity index (χ2n) is 8.86. The van der Waals surface area contributed by atoms with E-state index in [0.29, 0.717) is 11.3 Å². The van der Waals surface area contributed by atoms with Crippen LogP contribution in [0.1, 0.15) is 59.9 Å². The van der Waals surface area contributed by atoms with Gasteiger partial charge >= 0.3 is 5.97 Å². The quantitative estimate of drug-likeness (QED) is 0.177. The second-order valence-corrected chi connectivity index (χ2v) is 12.0. The first-order valence-electron chi connectivity index (χ1n) is 10.9. The molecule has 200 valence electrons. The number of carboxylic acids is 1. The van der Waals surface area contributed by atoms with Crippen molar-refractivity contribution >= 4 is 49.4 Å². The topological polar surface area (TPSA) is 207 Å². The van der Waals surface area contributed by atoms with E-state index in [1.165, 1.54) is 12.1 Å². The molecule has 1 aromatic rings. The molecule has 36 heavy (non-hydrogen) atoms. The molecule has 0 bridgehead atoms. The molecule has 1 aliphatic heterocycles. The maximum Gasteiger partial charge on any atom is 0.303 e. The van der Waals surface area contributed by atoms with Crippen molar-refractivity contribution < 1.29 is 50.0 Å². The number of carbonyl (C=O) groups is 3. The van der Waals surface area contributed by atoms with Gasteiger partial charge in [0.2, 0.25) is 5.69 Å². The van der Waals surface area contributed by atoms with Crippen LogP contribution in [0.15, 0.2) is 12.1 Å². The first-order valence-corrected chi connectivity index (χ1v) is 14.1. The normalized spacial score (nSPS) is 14.9. The van der Waals surface area contributed by atoms with Gasteiger partial charge in [-0.15, -0.1) is 0 Å². The van der Waals surface area contributed by atoms with Crippen LogP contribution in [0, 0.1) is 0 Å². The second kappa shape index (κ2) is 11.0. The molecule has 0 fully saturated rings. The first-order chi connectivity index (χ1) is 16.4. The van der Waals surface area contributed by atoms with Crippen LogP contribution in [0.25, 0.3) is 0 Å². The number of nitrogens with one attached hydrogen (secondary N) is 2. The van der Waals surface area contributed by atoms with Gasteiger partial charge in [-0.2, -0.15) is 21.4 Å². The Labute approximate surface area is 209 Å². The monoisotopic (exact) mass is 548 g/mol. The SMILES string of the molecule is CC1=[N+](CCCC(=O)O)c2cc(C(=O)NCCS(=O)(=O)O)cc(C(=O)NCCS(=O)(=O)O)c2C1(C)C. The summed E-state index contributed by atoms with van der Waals surface area (Å²) in [6.45, 7) is 5.02. The lowest BCUT2D eigenvalue weighted by Crippen LogP contribution is -2.33. The van der Waals surface area contributed by atoms with Gasteiger partial charge in [-0.3, -0.25) is 23.5 Å². The number of nitrogens with zero attached hydrogens (tertiary/aromatic N) is 1. The van der Waals surface area contributed by atoms with Crippen molar-refractivity contribution in [2.75, 3.05) is 31.1 Å². The minimum Gasteiger partial charge on any atom is -0.481 e. The molecule has 0 aliphatic carbocycles. The smallest absolute Gasteiger partial charge is 0.303 e. The number of carboxylic acid groups (broad SMARTS) is 1. The molecule has 5 N–H and O–H groups in total. The van der Waals surface area contributed by atoms with Crippen molar-refractivity contribution in [3.63, 3.8) is 0 Å². The van der Waals surface area contributed by atoms with Gasteiger partial charge in [-0.1, -0.05) is 0 Å². The fourth-order valence-electron chi connectivity index (χ4n) is 3.97. The van der Waals surface area contributed by atoms with Gasteiger partial charge in [0.05, 0.1) is 34.5 Å². The number of fused-ring (bicyclic) bond motifs is 1. The number of aliphatic carboxylic acids is 1. The Morgan fingerprint density at radius 2 is 1.47 bits per heavy atom. The summed E-state index contributed by atoms with van der Waals surface area (Å²) in [5, 5.41) is 13.8. The number of rotatable bonds is 12. The predicted molar refractivity (Wildman–Crippen MR) is 129 cm³/mol. The third-order valence-corrected chi connectivity index (χ3v) is 7.35. The third-order valence-electron chi connectivity index (χ3n) is 5.91. The van der Waals surface area contributed by atoms with E-state index < -0.39 is 54.9 Å². The van der Waals surface area contributed by atoms with Crippen LogP contribution in [-0.4, -0.2) is 90.3 Å². The van der Waals surface area contributed by atoms with Gasteiger partial charge < -0.3 is 15.7 Å². The molecular formula is C21H30N3O10S2+. The molecule has 0 atom stereocenters. The zero-order valence-electron chi connectivity index (χ0n) is 20.1. The highest BCUT2D eigenvalue weighted by Gasteiger charge is 2.46. The molecule has 0 saturated carbocycles. The lowest BCUT2D eigenvalue weighted by molar-refractivity contribution is -0.439. The average molecular weight is 549 g/mol. The van der Waals surface area contributed by atoms with Crippen LogP contribution < -0.4 is 10.6 Å². The summed E-state index contributed by atoms with van der Waals surface area (Å²) >= 11 is 0. The van der Waals surface area contributed by atoms with E-state index in [2.05, 4.69) is 10.6 Å². The Bertz CT molecular complexity index is 1320. The molecule has 2 rings (SSSR count). The van der Waals surface area contributed by atoms with Crippen molar-refractivity contribution in [3.8, 4) is 0 Å². The van der Waals surface area contributed by atoms with Crippen molar-refractivity contribution in [2.45, 2.75) is 39.0 Å². The number of carbonyl (C=O) groups excluding carboxylic acids is 2. The number of hydrogen-bond donors (Lipinski definition) is 5. The van der Waals surface area contributed by atoms with E-state index >= 15 is 0 Å². The number of benzene rings is 1. The van der Waals surface area contributed by atoms with Gasteiger partial charge in [-0.05, 0) is 19.9 Å². The van der Waals surface area contributed by atoms with Crippen LogP contribution in [0.4, 0.5) is 5.69 Å². The van der Waals surface area contributed by atoms with Crippen molar-refractivity contribution in [3.05, 3.63) is 28.8 Å². The van der Waals surface area contributed by atoms with E-state index in [1.54, 1.807) is 0 Å². The standard InChI is InChI=1S/C21H29N3O10S2/c1-13-21(2,3)18-15(20(28)23-7-10-36(32,33)34)11-14(19(27)22-6-9-35(29,30)31)12-16(18)24(13)8-4-5-17(25)26/h11-12H,4-10H2,1-3H3,(H4-,22,23,25,26,27,28,29,30,31,32,33,34)/p+1. The Morgan fingerprint density at radius 3 is 1.97 bits per heavy atom. The van der Waals surface area contributed by atoms with Crippen LogP contribution in [0.5, 0.6) is 0 Å². The van der Waals surface area contributed by atoms with Crippen LogP contribution in [0.3, 0.4) is 0 Å². The van der Waals surface area contributed by atoms with Crippen molar-refractivity contribution in [1.29, 1.82) is 0 Å². The van der Waals surface area contributed by atoms with E-state index in [-0.39, 0.29) is 43.6 Å². The highest BCUT2D eigenvalue weighted by Crippen LogP contribution is 2.42. The summed E-state index contributed by atoms with van der Waals surface area (Å²) in [5.74, 6) is -3.82. The molecule has 1 heterocycles. The maximum absolute atomic E-state index is 13.1. The highest BCUT2D eigenvalue weighted by molar-refractivity contribution is 7.86. The van der Waals surface area contributed by atoms with Gasteiger partial charge in [0.1, 0.15) is 6.54 Å². The minimum atomic E-state index is -4.32. The van der Waals surface area contributed by atoms with Gasteiger partial charge in [-0.25, -0.2) is 0 Å². The molecule has 0 aromatic heterocycles. The number of hydrogen-bond acceptors (Lipinski definition) is 7. The maximum atomic E-state index is 13.1. The average Bonchev–Trinajstić information content (AvgIpc) is 2.91. The van der Waals surface area contributed by atoms with Crippen molar-refractivity contribution in [2.24, 2.45) is 0 Å². The third kappa shape index (κ3) is 7.56. The molecule has 0 radical (unpaired) electrons. The van der Waals surface area contributed by atoms with Gasteiger partial charge in [0.25, 0.3) is 32.1 Å². The lowest BCUT2D eigenvalue weighted by atomic mass is 9.79. The Balaban J connectivity index is 2.52.